The second kappa shape index (κ2) is 9.06. The number of carbonyl (C=O) groups is 1. The van der Waals surface area contributed by atoms with E-state index < -0.39 is 11.2 Å². The molecule has 0 aliphatic rings. The van der Waals surface area contributed by atoms with E-state index in [4.69, 9.17) is 0 Å². The van der Waals surface area contributed by atoms with Crippen LogP contribution in [0.5, 0.6) is 0 Å². The molecule has 0 atom stereocenters. The fraction of sp³-hybridized carbons (Fsp3) is 0.192. The van der Waals surface area contributed by atoms with Gasteiger partial charge in [-0.1, -0.05) is 61.0 Å². The van der Waals surface area contributed by atoms with Crippen LogP contribution < -0.4 is 16.6 Å². The predicted octanol–water partition coefficient (Wildman–Crippen LogP) is 3.34. The van der Waals surface area contributed by atoms with Gasteiger partial charge >= 0.3 is 5.69 Å². The number of fused-ring (bicyclic) bond motifs is 1. The zero-order chi connectivity index (χ0) is 22.7. The molecule has 0 spiro atoms. The lowest BCUT2D eigenvalue weighted by Gasteiger charge is -2.14. The molecule has 0 unspecified atom stereocenters. The maximum atomic E-state index is 13.4. The van der Waals surface area contributed by atoms with Crippen LogP contribution in [0.25, 0.3) is 16.6 Å². The molecule has 0 fully saturated rings. The van der Waals surface area contributed by atoms with E-state index in [-0.39, 0.29) is 12.5 Å². The summed E-state index contributed by atoms with van der Waals surface area (Å²) in [6.45, 7) is 4.23. The summed E-state index contributed by atoms with van der Waals surface area (Å²) in [4.78, 5) is 39.2. The van der Waals surface area contributed by atoms with Crippen molar-refractivity contribution in [2.24, 2.45) is 0 Å². The lowest BCUT2D eigenvalue weighted by molar-refractivity contribution is -0.121. The molecule has 6 heteroatoms. The van der Waals surface area contributed by atoms with E-state index in [0.717, 1.165) is 27.7 Å². The quantitative estimate of drug-likeness (QED) is 0.513. The van der Waals surface area contributed by atoms with Crippen LogP contribution in [0.4, 0.5) is 0 Å². The fourth-order valence-electron chi connectivity index (χ4n) is 3.69. The number of amides is 1. The Labute approximate surface area is 185 Å². The third-order valence-electron chi connectivity index (χ3n) is 5.57. The van der Waals surface area contributed by atoms with Crippen LogP contribution in [0, 0.1) is 6.92 Å². The van der Waals surface area contributed by atoms with Crippen LogP contribution in [0.1, 0.15) is 23.6 Å². The number of hydrogen-bond acceptors (Lipinski definition) is 3. The maximum absolute atomic E-state index is 13.4. The van der Waals surface area contributed by atoms with Gasteiger partial charge in [-0.15, -0.1) is 0 Å². The van der Waals surface area contributed by atoms with Crippen molar-refractivity contribution in [3.8, 4) is 5.69 Å². The Kier molecular flexibility index (Phi) is 6.03. The van der Waals surface area contributed by atoms with Crippen LogP contribution >= 0.6 is 0 Å². The number of aryl methyl sites for hydroxylation is 2. The Morgan fingerprint density at radius 1 is 0.875 bits per heavy atom. The smallest absolute Gasteiger partial charge is 0.336 e. The summed E-state index contributed by atoms with van der Waals surface area (Å²) in [7, 11) is 0. The highest BCUT2D eigenvalue weighted by Crippen LogP contribution is 2.12. The largest absolute Gasteiger partial charge is 0.350 e. The van der Waals surface area contributed by atoms with Crippen LogP contribution in [0.15, 0.2) is 82.4 Å². The van der Waals surface area contributed by atoms with Crippen molar-refractivity contribution in [2.75, 3.05) is 0 Å². The van der Waals surface area contributed by atoms with Gasteiger partial charge in [0.15, 0.2) is 0 Å². The topological polar surface area (TPSA) is 73.1 Å². The van der Waals surface area contributed by atoms with Crippen molar-refractivity contribution >= 4 is 16.8 Å². The van der Waals surface area contributed by atoms with Gasteiger partial charge in [0.2, 0.25) is 5.91 Å². The molecular formula is C26H25N3O3. The molecule has 32 heavy (non-hydrogen) atoms. The van der Waals surface area contributed by atoms with E-state index in [2.05, 4.69) is 5.32 Å². The third-order valence-corrected chi connectivity index (χ3v) is 5.57. The van der Waals surface area contributed by atoms with Crippen molar-refractivity contribution in [3.05, 3.63) is 110 Å². The monoisotopic (exact) mass is 427 g/mol. The van der Waals surface area contributed by atoms with Gasteiger partial charge in [-0.2, -0.15) is 0 Å². The van der Waals surface area contributed by atoms with E-state index in [9.17, 15) is 14.4 Å². The molecule has 3 aromatic carbocycles. The van der Waals surface area contributed by atoms with Gasteiger partial charge < -0.3 is 5.32 Å². The molecule has 1 amide bonds. The van der Waals surface area contributed by atoms with Gasteiger partial charge in [-0.05, 0) is 48.7 Å². The number of nitrogens with one attached hydrogen (secondary N) is 1. The minimum Gasteiger partial charge on any atom is -0.350 e. The molecule has 4 rings (SSSR count). The van der Waals surface area contributed by atoms with E-state index in [1.807, 2.05) is 50.2 Å². The Bertz CT molecular complexity index is 1380. The van der Waals surface area contributed by atoms with E-state index in [1.165, 1.54) is 4.57 Å². The first-order chi connectivity index (χ1) is 15.5. The van der Waals surface area contributed by atoms with Crippen molar-refractivity contribution in [3.63, 3.8) is 0 Å². The normalized spacial score (nSPS) is 10.9. The van der Waals surface area contributed by atoms with Gasteiger partial charge in [0.05, 0.1) is 16.6 Å². The second-order valence-electron chi connectivity index (χ2n) is 7.81. The van der Waals surface area contributed by atoms with E-state index in [1.54, 1.807) is 36.4 Å². The van der Waals surface area contributed by atoms with Crippen molar-refractivity contribution in [1.82, 2.24) is 14.5 Å². The minimum absolute atomic E-state index is 0.182. The molecule has 4 aromatic rings. The zero-order valence-electron chi connectivity index (χ0n) is 18.2. The Hall–Kier alpha value is -3.93. The van der Waals surface area contributed by atoms with Crippen LogP contribution in [-0.2, 0) is 24.3 Å². The van der Waals surface area contributed by atoms with Crippen LogP contribution in [-0.4, -0.2) is 15.0 Å². The summed E-state index contributed by atoms with van der Waals surface area (Å²) in [6.07, 6.45) is 0.859. The van der Waals surface area contributed by atoms with Gasteiger partial charge in [0.25, 0.3) is 5.56 Å². The summed E-state index contributed by atoms with van der Waals surface area (Å²) in [5, 5.41) is 3.25. The molecule has 0 saturated carbocycles. The lowest BCUT2D eigenvalue weighted by atomic mass is 10.1. The standard InChI is InChI=1S/C26H25N3O3/c1-3-19-12-14-21(15-13-19)29-25(31)22-6-4-5-7-23(22)28(26(29)32)17-24(30)27-16-20-10-8-18(2)9-11-20/h4-15H,3,16-17H2,1-2H3,(H,27,30). The lowest BCUT2D eigenvalue weighted by Crippen LogP contribution is -2.41. The first-order valence-electron chi connectivity index (χ1n) is 10.6. The first kappa shape index (κ1) is 21.3. The maximum Gasteiger partial charge on any atom is 0.336 e. The molecule has 162 valence electrons. The molecule has 6 nitrogen and oxygen atoms in total. The predicted molar refractivity (Wildman–Crippen MR) is 126 cm³/mol. The van der Waals surface area contributed by atoms with Crippen molar-refractivity contribution < 1.29 is 4.79 Å². The molecular weight excluding hydrogens is 402 g/mol. The van der Waals surface area contributed by atoms with Crippen molar-refractivity contribution in [1.29, 1.82) is 0 Å². The number of aromatic nitrogens is 2. The average molecular weight is 428 g/mol. The Balaban J connectivity index is 1.71. The number of nitrogens with zero attached hydrogens (tertiary/aromatic N) is 2. The number of carbonyl (C=O) groups excluding carboxylic acids is 1. The molecule has 0 radical (unpaired) electrons. The molecule has 0 saturated heterocycles. The van der Waals surface area contributed by atoms with Crippen molar-refractivity contribution in [2.45, 2.75) is 33.4 Å². The molecule has 0 bridgehead atoms. The van der Waals surface area contributed by atoms with Gasteiger partial charge in [-0.25, -0.2) is 9.36 Å². The van der Waals surface area contributed by atoms with Gasteiger partial charge in [-0.3, -0.25) is 14.2 Å². The number of hydrogen-bond donors (Lipinski definition) is 1. The summed E-state index contributed by atoms with van der Waals surface area (Å²) < 4.78 is 2.49. The highest BCUT2D eigenvalue weighted by Gasteiger charge is 2.16. The summed E-state index contributed by atoms with van der Waals surface area (Å²) in [5.74, 6) is -0.302. The SMILES string of the molecule is CCc1ccc(-n2c(=O)c3ccccc3n(CC(=O)NCc3ccc(C)cc3)c2=O)cc1. The summed E-state index contributed by atoms with van der Waals surface area (Å²) in [6, 6.07) is 22.1. The highest BCUT2D eigenvalue weighted by atomic mass is 16.2. The van der Waals surface area contributed by atoms with Crippen LogP contribution in [0.2, 0.25) is 0 Å². The van der Waals surface area contributed by atoms with E-state index in [0.29, 0.717) is 23.1 Å². The second-order valence-corrected chi connectivity index (χ2v) is 7.81. The summed E-state index contributed by atoms with van der Waals surface area (Å²) in [5.41, 5.74) is 3.22. The Morgan fingerprint density at radius 3 is 2.22 bits per heavy atom. The Morgan fingerprint density at radius 2 is 1.53 bits per heavy atom. The third kappa shape index (κ3) is 4.25. The average Bonchev–Trinajstić information content (AvgIpc) is 2.82. The fourth-order valence-corrected chi connectivity index (χ4v) is 3.69. The zero-order valence-corrected chi connectivity index (χ0v) is 18.2. The van der Waals surface area contributed by atoms with Gasteiger partial charge in [0.1, 0.15) is 6.54 Å². The summed E-state index contributed by atoms with van der Waals surface area (Å²) >= 11 is 0. The number of para-hydroxylation sites is 1. The minimum atomic E-state index is -0.538. The molecule has 1 heterocycles. The number of benzene rings is 3. The molecule has 0 aliphatic heterocycles. The van der Waals surface area contributed by atoms with E-state index >= 15 is 0 Å². The molecule has 1 aromatic heterocycles. The van der Waals surface area contributed by atoms with Gasteiger partial charge in [0, 0.05) is 6.54 Å². The highest BCUT2D eigenvalue weighted by molar-refractivity contribution is 5.81. The molecule has 0 aliphatic carbocycles. The first-order valence-corrected chi connectivity index (χ1v) is 10.6. The molecule has 1 N–H and O–H groups in total. The number of rotatable bonds is 6. The van der Waals surface area contributed by atoms with Crippen LogP contribution in [0.3, 0.4) is 0 Å².